The largest absolute Gasteiger partial charge is 0.461 e. The molecule has 0 saturated carbocycles. The molecule has 0 fully saturated rings. The Hall–Kier alpha value is -1.88. The number of nitrogens with zero attached hydrogens (tertiary/aromatic N) is 2. The van der Waals surface area contributed by atoms with Gasteiger partial charge in [-0.05, 0) is 31.5 Å². The molecule has 106 valence electrons. The van der Waals surface area contributed by atoms with E-state index in [1.165, 1.54) is 12.8 Å². The van der Waals surface area contributed by atoms with Crippen molar-refractivity contribution in [3.05, 3.63) is 40.0 Å². The van der Waals surface area contributed by atoms with Crippen LogP contribution >= 0.6 is 0 Å². The van der Waals surface area contributed by atoms with Crippen LogP contribution in [0, 0.1) is 0 Å². The van der Waals surface area contributed by atoms with Gasteiger partial charge < -0.3 is 9.40 Å². The lowest BCUT2D eigenvalue weighted by molar-refractivity contribution is 0.245. The highest BCUT2D eigenvalue weighted by Crippen LogP contribution is 2.19. The topological polar surface area (TPSA) is 62.1 Å². The first kappa shape index (κ1) is 13.1. The van der Waals surface area contributed by atoms with E-state index in [1.807, 2.05) is 6.07 Å². The van der Waals surface area contributed by atoms with Gasteiger partial charge in [0.15, 0.2) is 11.6 Å². The molecule has 0 spiro atoms. The number of aromatic amines is 1. The summed E-state index contributed by atoms with van der Waals surface area (Å²) in [5.74, 6) is 1.13. The second-order valence-electron chi connectivity index (χ2n) is 5.20. The molecule has 0 radical (unpaired) electrons. The van der Waals surface area contributed by atoms with Crippen molar-refractivity contribution in [2.24, 2.45) is 0 Å². The summed E-state index contributed by atoms with van der Waals surface area (Å²) in [6, 6.07) is 3.60. The minimum atomic E-state index is -0.0310. The summed E-state index contributed by atoms with van der Waals surface area (Å²) in [6.07, 6.45) is 4.73. The fourth-order valence-corrected chi connectivity index (χ4v) is 2.60. The van der Waals surface area contributed by atoms with Crippen molar-refractivity contribution < 1.29 is 4.42 Å². The predicted molar refractivity (Wildman–Crippen MR) is 76.4 cm³/mol. The second kappa shape index (κ2) is 5.63. The molecule has 2 aromatic heterocycles. The van der Waals surface area contributed by atoms with E-state index < -0.39 is 0 Å². The lowest BCUT2D eigenvalue weighted by Crippen LogP contribution is -2.35. The van der Waals surface area contributed by atoms with Crippen molar-refractivity contribution in [1.82, 2.24) is 14.9 Å². The standard InChI is InChI=1S/C15H19N3O2/c1-2-3-7-18-8-6-11-12(10-18)16-14(17-15(11)19)13-5-4-9-20-13/h4-5,9H,2-3,6-8,10H2,1H3,(H,16,17,19). The number of hydrogen-bond acceptors (Lipinski definition) is 4. The third kappa shape index (κ3) is 2.54. The Morgan fingerprint density at radius 1 is 1.50 bits per heavy atom. The number of hydrogen-bond donors (Lipinski definition) is 1. The van der Waals surface area contributed by atoms with Crippen LogP contribution in [0.25, 0.3) is 11.6 Å². The van der Waals surface area contributed by atoms with Gasteiger partial charge in [0.1, 0.15) is 0 Å². The summed E-state index contributed by atoms with van der Waals surface area (Å²) in [6.45, 7) is 4.96. The Bertz CT molecular complexity index is 631. The minimum Gasteiger partial charge on any atom is -0.461 e. The molecule has 0 saturated heterocycles. The lowest BCUT2D eigenvalue weighted by atomic mass is 10.1. The van der Waals surface area contributed by atoms with Crippen LogP contribution in [0.5, 0.6) is 0 Å². The third-order valence-electron chi connectivity index (χ3n) is 3.73. The summed E-state index contributed by atoms with van der Waals surface area (Å²) in [4.78, 5) is 21.9. The first-order chi connectivity index (χ1) is 9.78. The summed E-state index contributed by atoms with van der Waals surface area (Å²) in [7, 11) is 0. The maximum absolute atomic E-state index is 12.1. The Morgan fingerprint density at radius 2 is 2.40 bits per heavy atom. The highest BCUT2D eigenvalue weighted by atomic mass is 16.3. The van der Waals surface area contributed by atoms with E-state index in [0.717, 1.165) is 37.3 Å². The van der Waals surface area contributed by atoms with E-state index in [2.05, 4.69) is 21.8 Å². The van der Waals surface area contributed by atoms with Gasteiger partial charge in [-0.15, -0.1) is 0 Å². The summed E-state index contributed by atoms with van der Waals surface area (Å²) in [5.41, 5.74) is 1.69. The number of H-pyrrole nitrogens is 1. The molecule has 0 unspecified atom stereocenters. The number of furan rings is 1. The van der Waals surface area contributed by atoms with Gasteiger partial charge in [-0.2, -0.15) is 0 Å². The van der Waals surface area contributed by atoms with Crippen LogP contribution in [0.15, 0.2) is 27.6 Å². The van der Waals surface area contributed by atoms with Crippen molar-refractivity contribution in [2.45, 2.75) is 32.7 Å². The molecular weight excluding hydrogens is 254 g/mol. The van der Waals surface area contributed by atoms with Crippen LogP contribution in [-0.4, -0.2) is 28.0 Å². The molecule has 0 amide bonds. The zero-order valence-electron chi connectivity index (χ0n) is 11.7. The van der Waals surface area contributed by atoms with Crippen LogP contribution in [0.2, 0.25) is 0 Å². The van der Waals surface area contributed by atoms with Gasteiger partial charge in [0, 0.05) is 18.7 Å². The van der Waals surface area contributed by atoms with Gasteiger partial charge in [0.05, 0.1) is 12.0 Å². The molecule has 1 N–H and O–H groups in total. The summed E-state index contributed by atoms with van der Waals surface area (Å²) >= 11 is 0. The summed E-state index contributed by atoms with van der Waals surface area (Å²) < 4.78 is 5.31. The van der Waals surface area contributed by atoms with Gasteiger partial charge in [-0.3, -0.25) is 9.69 Å². The van der Waals surface area contributed by atoms with Gasteiger partial charge in [0.2, 0.25) is 0 Å². The van der Waals surface area contributed by atoms with Crippen molar-refractivity contribution >= 4 is 0 Å². The second-order valence-corrected chi connectivity index (χ2v) is 5.20. The van der Waals surface area contributed by atoms with Crippen molar-refractivity contribution in [1.29, 1.82) is 0 Å². The van der Waals surface area contributed by atoms with Gasteiger partial charge >= 0.3 is 0 Å². The minimum absolute atomic E-state index is 0.0310. The van der Waals surface area contributed by atoms with Crippen LogP contribution < -0.4 is 5.56 Å². The van der Waals surface area contributed by atoms with Crippen LogP contribution in [0.3, 0.4) is 0 Å². The third-order valence-corrected chi connectivity index (χ3v) is 3.73. The predicted octanol–water partition coefficient (Wildman–Crippen LogP) is 2.19. The Kier molecular flexibility index (Phi) is 3.69. The van der Waals surface area contributed by atoms with E-state index in [-0.39, 0.29) is 5.56 Å². The monoisotopic (exact) mass is 273 g/mol. The molecule has 5 nitrogen and oxygen atoms in total. The maximum Gasteiger partial charge on any atom is 0.254 e. The van der Waals surface area contributed by atoms with Crippen LogP contribution in [0.4, 0.5) is 0 Å². The molecule has 3 rings (SSSR count). The first-order valence-corrected chi connectivity index (χ1v) is 7.16. The zero-order valence-corrected chi connectivity index (χ0v) is 11.7. The van der Waals surface area contributed by atoms with E-state index in [9.17, 15) is 4.79 Å². The summed E-state index contributed by atoms with van der Waals surface area (Å²) in [5, 5.41) is 0. The fraction of sp³-hybridized carbons (Fsp3) is 0.467. The molecule has 1 aliphatic heterocycles. The molecule has 0 bridgehead atoms. The lowest BCUT2D eigenvalue weighted by Gasteiger charge is -2.27. The van der Waals surface area contributed by atoms with Crippen molar-refractivity contribution in [3.8, 4) is 11.6 Å². The number of fused-ring (bicyclic) bond motifs is 1. The molecule has 0 aromatic carbocycles. The number of aromatic nitrogens is 2. The number of unbranched alkanes of at least 4 members (excludes halogenated alkanes) is 1. The Balaban J connectivity index is 1.90. The molecule has 1 aliphatic rings. The molecular formula is C15H19N3O2. The van der Waals surface area contributed by atoms with E-state index in [4.69, 9.17) is 4.42 Å². The van der Waals surface area contributed by atoms with Gasteiger partial charge in [-0.1, -0.05) is 13.3 Å². The Labute approximate surface area is 117 Å². The maximum atomic E-state index is 12.1. The quantitative estimate of drug-likeness (QED) is 0.927. The van der Waals surface area contributed by atoms with Gasteiger partial charge in [-0.25, -0.2) is 4.98 Å². The Morgan fingerprint density at radius 3 is 3.15 bits per heavy atom. The average Bonchev–Trinajstić information content (AvgIpc) is 2.99. The first-order valence-electron chi connectivity index (χ1n) is 7.16. The van der Waals surface area contributed by atoms with Crippen LogP contribution in [0.1, 0.15) is 31.0 Å². The highest BCUT2D eigenvalue weighted by molar-refractivity contribution is 5.46. The SMILES string of the molecule is CCCCN1CCc2c(nc(-c3ccco3)[nH]c2=O)C1. The normalized spacial score (nSPS) is 15.2. The van der Waals surface area contributed by atoms with Crippen molar-refractivity contribution in [3.63, 3.8) is 0 Å². The number of rotatable bonds is 4. The molecule has 3 heterocycles. The molecule has 0 atom stereocenters. The van der Waals surface area contributed by atoms with Gasteiger partial charge in [0.25, 0.3) is 5.56 Å². The van der Waals surface area contributed by atoms with E-state index in [1.54, 1.807) is 12.3 Å². The van der Waals surface area contributed by atoms with Crippen LogP contribution in [-0.2, 0) is 13.0 Å². The average molecular weight is 273 g/mol. The molecule has 2 aromatic rings. The van der Waals surface area contributed by atoms with E-state index >= 15 is 0 Å². The molecule has 20 heavy (non-hydrogen) atoms. The molecule has 0 aliphatic carbocycles. The number of nitrogens with one attached hydrogen (secondary N) is 1. The highest BCUT2D eigenvalue weighted by Gasteiger charge is 2.21. The van der Waals surface area contributed by atoms with Crippen molar-refractivity contribution in [2.75, 3.05) is 13.1 Å². The van der Waals surface area contributed by atoms with E-state index in [0.29, 0.717) is 11.6 Å². The zero-order chi connectivity index (χ0) is 13.9. The fourth-order valence-electron chi connectivity index (χ4n) is 2.60. The smallest absolute Gasteiger partial charge is 0.254 e. The molecule has 5 heteroatoms.